The minimum Gasteiger partial charge on any atom is -0.481 e. The van der Waals surface area contributed by atoms with Crippen LogP contribution in [0.1, 0.15) is 40.3 Å². The Bertz CT molecular complexity index is 1700. The number of fused-ring (bicyclic) bond motifs is 1. The van der Waals surface area contributed by atoms with Crippen LogP contribution in [0.4, 0.5) is 21.8 Å². The average Bonchev–Trinajstić information content (AvgIpc) is 3.34. The lowest BCUT2D eigenvalue weighted by Crippen LogP contribution is -2.16. The minimum atomic E-state index is -0.936. The number of amides is 1. The van der Waals surface area contributed by atoms with Crippen LogP contribution in [-0.4, -0.2) is 27.0 Å². The lowest BCUT2D eigenvalue weighted by atomic mass is 9.91. The number of rotatable bonds is 9. The maximum absolute atomic E-state index is 13.4. The summed E-state index contributed by atoms with van der Waals surface area (Å²) in [5.74, 6) is -1.94. The molecule has 9 heteroatoms. The van der Waals surface area contributed by atoms with Gasteiger partial charge in [0.1, 0.15) is 11.3 Å². The summed E-state index contributed by atoms with van der Waals surface area (Å²) in [6, 6.07) is 20.9. The van der Waals surface area contributed by atoms with Gasteiger partial charge in [0, 0.05) is 29.2 Å². The molecule has 0 fully saturated rings. The summed E-state index contributed by atoms with van der Waals surface area (Å²) in [6.45, 7) is 3.66. The number of aryl methyl sites for hydroxylation is 2. The molecule has 1 atom stereocenters. The lowest BCUT2D eigenvalue weighted by Gasteiger charge is -2.16. The molecule has 3 N–H and O–H groups in total. The Morgan fingerprint density at radius 2 is 1.88 bits per heavy atom. The largest absolute Gasteiger partial charge is 0.481 e. The molecule has 0 aliphatic heterocycles. The van der Waals surface area contributed by atoms with E-state index in [4.69, 9.17) is 4.42 Å². The number of hydrogen-bond donors (Lipinski definition) is 3. The fraction of sp³-hybridized carbons (Fsp3) is 0.161. The Balaban J connectivity index is 1.32. The van der Waals surface area contributed by atoms with Gasteiger partial charge in [-0.05, 0) is 84.6 Å². The van der Waals surface area contributed by atoms with Gasteiger partial charge in [0.2, 0.25) is 5.91 Å². The van der Waals surface area contributed by atoms with Crippen molar-refractivity contribution < 1.29 is 23.5 Å². The maximum Gasteiger partial charge on any atom is 0.304 e. The van der Waals surface area contributed by atoms with Crippen LogP contribution in [0.5, 0.6) is 0 Å². The normalized spacial score (nSPS) is 11.8. The zero-order valence-corrected chi connectivity index (χ0v) is 21.9. The van der Waals surface area contributed by atoms with E-state index in [-0.39, 0.29) is 30.6 Å². The van der Waals surface area contributed by atoms with E-state index < -0.39 is 11.9 Å². The van der Waals surface area contributed by atoms with Crippen molar-refractivity contribution in [2.45, 2.75) is 32.6 Å². The number of halogens is 1. The van der Waals surface area contributed by atoms with Gasteiger partial charge < -0.3 is 20.2 Å². The first-order chi connectivity index (χ1) is 19.3. The van der Waals surface area contributed by atoms with Gasteiger partial charge in [0.15, 0.2) is 5.58 Å². The first-order valence-corrected chi connectivity index (χ1v) is 12.7. The molecule has 0 aliphatic carbocycles. The summed E-state index contributed by atoms with van der Waals surface area (Å²) < 4.78 is 19.4. The number of carbonyl (C=O) groups is 2. The standard InChI is InChI=1S/C31H27FN4O4/c1-18-14-22(32)10-12-25(18)35-31-36-27-11-9-20(19(2)30(27)40-31)16-28(37)34-23-7-5-6-21(15-23)24(17-29(38)39)26-8-3-4-13-33-26/h3-15,24H,16-17H2,1-2H3,(H,34,37)(H,35,36)(H,38,39). The van der Waals surface area contributed by atoms with Gasteiger partial charge in [0.05, 0.1) is 12.8 Å². The number of nitrogens with one attached hydrogen (secondary N) is 2. The first kappa shape index (κ1) is 26.6. The summed E-state index contributed by atoms with van der Waals surface area (Å²) in [4.78, 5) is 33.4. The van der Waals surface area contributed by atoms with Crippen LogP contribution in [0.25, 0.3) is 11.1 Å². The van der Waals surface area contributed by atoms with E-state index in [1.165, 1.54) is 12.1 Å². The fourth-order valence-electron chi connectivity index (χ4n) is 4.65. The molecule has 40 heavy (non-hydrogen) atoms. The van der Waals surface area contributed by atoms with Crippen molar-refractivity contribution in [2.24, 2.45) is 0 Å². The number of oxazole rings is 1. The van der Waals surface area contributed by atoms with Crippen molar-refractivity contribution in [2.75, 3.05) is 10.6 Å². The summed E-state index contributed by atoms with van der Waals surface area (Å²) in [7, 11) is 0. The summed E-state index contributed by atoms with van der Waals surface area (Å²) in [6.07, 6.45) is 1.61. The van der Waals surface area contributed by atoms with Crippen LogP contribution in [-0.2, 0) is 16.0 Å². The summed E-state index contributed by atoms with van der Waals surface area (Å²) in [5.41, 5.74) is 6.11. The molecule has 5 rings (SSSR count). The van der Waals surface area contributed by atoms with Gasteiger partial charge in [-0.2, -0.15) is 4.98 Å². The monoisotopic (exact) mass is 538 g/mol. The molecule has 1 amide bonds. The smallest absolute Gasteiger partial charge is 0.304 e. The molecule has 3 aromatic carbocycles. The van der Waals surface area contributed by atoms with Crippen LogP contribution >= 0.6 is 0 Å². The van der Waals surface area contributed by atoms with E-state index in [9.17, 15) is 19.1 Å². The first-order valence-electron chi connectivity index (χ1n) is 12.7. The molecule has 0 saturated carbocycles. The van der Waals surface area contributed by atoms with E-state index >= 15 is 0 Å². The molecular weight excluding hydrogens is 511 g/mol. The molecule has 0 aliphatic rings. The number of nitrogens with zero attached hydrogens (tertiary/aromatic N) is 2. The van der Waals surface area contributed by atoms with Crippen molar-refractivity contribution in [3.8, 4) is 0 Å². The second-order valence-corrected chi connectivity index (χ2v) is 9.56. The number of pyridine rings is 1. The maximum atomic E-state index is 13.4. The third-order valence-electron chi connectivity index (χ3n) is 6.70. The molecule has 2 aromatic heterocycles. The fourth-order valence-corrected chi connectivity index (χ4v) is 4.65. The number of carboxylic acids is 1. The quantitative estimate of drug-likeness (QED) is 0.196. The number of hydrogen-bond acceptors (Lipinski definition) is 6. The molecule has 0 saturated heterocycles. The third kappa shape index (κ3) is 5.99. The van der Waals surface area contributed by atoms with Crippen LogP contribution in [0.2, 0.25) is 0 Å². The van der Waals surface area contributed by atoms with Crippen molar-refractivity contribution >= 4 is 40.4 Å². The molecule has 2 heterocycles. The van der Waals surface area contributed by atoms with E-state index in [2.05, 4.69) is 20.6 Å². The highest BCUT2D eigenvalue weighted by Gasteiger charge is 2.20. The van der Waals surface area contributed by atoms with E-state index in [0.717, 1.165) is 22.3 Å². The van der Waals surface area contributed by atoms with Crippen LogP contribution in [0.3, 0.4) is 0 Å². The van der Waals surface area contributed by atoms with Crippen molar-refractivity contribution in [3.05, 3.63) is 113 Å². The highest BCUT2D eigenvalue weighted by molar-refractivity contribution is 5.93. The second kappa shape index (κ2) is 11.4. The summed E-state index contributed by atoms with van der Waals surface area (Å²) in [5, 5.41) is 15.5. The number of aromatic nitrogens is 2. The van der Waals surface area contributed by atoms with Crippen LogP contribution < -0.4 is 10.6 Å². The van der Waals surface area contributed by atoms with Gasteiger partial charge in [0.25, 0.3) is 6.01 Å². The Kier molecular flexibility index (Phi) is 7.54. The molecule has 5 aromatic rings. The van der Waals surface area contributed by atoms with Gasteiger partial charge in [-0.3, -0.25) is 14.6 Å². The van der Waals surface area contributed by atoms with Crippen LogP contribution in [0.15, 0.2) is 83.4 Å². The van der Waals surface area contributed by atoms with Gasteiger partial charge in [-0.1, -0.05) is 24.3 Å². The molecule has 0 spiro atoms. The lowest BCUT2D eigenvalue weighted by molar-refractivity contribution is -0.137. The predicted octanol–water partition coefficient (Wildman–Crippen LogP) is 6.51. The Labute approximate surface area is 229 Å². The highest BCUT2D eigenvalue weighted by atomic mass is 19.1. The Morgan fingerprint density at radius 1 is 1.02 bits per heavy atom. The second-order valence-electron chi connectivity index (χ2n) is 9.56. The van der Waals surface area contributed by atoms with Gasteiger partial charge in [-0.15, -0.1) is 0 Å². The van der Waals surface area contributed by atoms with Gasteiger partial charge in [-0.25, -0.2) is 4.39 Å². The minimum absolute atomic E-state index is 0.103. The van der Waals surface area contributed by atoms with E-state index in [1.54, 1.807) is 55.6 Å². The molecule has 202 valence electrons. The third-order valence-corrected chi connectivity index (χ3v) is 6.70. The Morgan fingerprint density at radius 3 is 2.62 bits per heavy atom. The molecule has 0 radical (unpaired) electrons. The van der Waals surface area contributed by atoms with Gasteiger partial charge >= 0.3 is 5.97 Å². The Hall–Kier alpha value is -5.05. The SMILES string of the molecule is Cc1cc(F)ccc1Nc1nc2ccc(CC(=O)Nc3cccc(C(CC(=O)O)c4ccccn4)c3)c(C)c2o1. The van der Waals surface area contributed by atoms with Crippen molar-refractivity contribution in [3.63, 3.8) is 0 Å². The zero-order chi connectivity index (χ0) is 28.2. The van der Waals surface area contributed by atoms with Crippen molar-refractivity contribution in [1.82, 2.24) is 9.97 Å². The molecular formula is C31H27FN4O4. The van der Waals surface area contributed by atoms with E-state index in [1.807, 2.05) is 25.1 Å². The van der Waals surface area contributed by atoms with E-state index in [0.29, 0.717) is 28.2 Å². The number of aliphatic carboxylic acids is 1. The topological polar surface area (TPSA) is 117 Å². The summed E-state index contributed by atoms with van der Waals surface area (Å²) >= 11 is 0. The number of carboxylic acid groups (broad SMARTS) is 1. The highest BCUT2D eigenvalue weighted by Crippen LogP contribution is 2.30. The zero-order valence-electron chi connectivity index (χ0n) is 21.9. The predicted molar refractivity (Wildman–Crippen MR) is 150 cm³/mol. The number of anilines is 3. The van der Waals surface area contributed by atoms with Crippen molar-refractivity contribution in [1.29, 1.82) is 0 Å². The van der Waals surface area contributed by atoms with Crippen LogP contribution in [0, 0.1) is 19.7 Å². The molecule has 1 unspecified atom stereocenters. The number of benzene rings is 3. The molecule has 0 bridgehead atoms. The number of carbonyl (C=O) groups excluding carboxylic acids is 1. The average molecular weight is 539 g/mol. The molecule has 8 nitrogen and oxygen atoms in total.